The summed E-state index contributed by atoms with van der Waals surface area (Å²) in [6.45, 7) is 2.02. The van der Waals surface area contributed by atoms with Crippen molar-refractivity contribution in [2.24, 2.45) is 0 Å². The van der Waals surface area contributed by atoms with Crippen molar-refractivity contribution in [3.05, 3.63) is 53.3 Å². The van der Waals surface area contributed by atoms with Gasteiger partial charge in [-0.2, -0.15) is 0 Å². The lowest BCUT2D eigenvalue weighted by molar-refractivity contribution is 0.547. The van der Waals surface area contributed by atoms with Crippen LogP contribution >= 0.6 is 11.8 Å². The first-order valence-electron chi connectivity index (χ1n) is 7.48. The van der Waals surface area contributed by atoms with E-state index in [0.29, 0.717) is 11.3 Å². The van der Waals surface area contributed by atoms with Gasteiger partial charge in [0, 0.05) is 23.7 Å². The number of nitrogens with one attached hydrogen (secondary N) is 1. The maximum atomic E-state index is 4.45. The van der Waals surface area contributed by atoms with E-state index in [1.54, 1.807) is 11.8 Å². The topological polar surface area (TPSA) is 37.8 Å². The van der Waals surface area contributed by atoms with E-state index in [1.165, 1.54) is 30.4 Å². The van der Waals surface area contributed by atoms with Crippen LogP contribution in [0.4, 0.5) is 0 Å². The Kier molecular flexibility index (Phi) is 4.56. The molecule has 1 aromatic heterocycles. The van der Waals surface area contributed by atoms with Crippen LogP contribution in [0.15, 0.2) is 41.8 Å². The molecule has 110 valence electrons. The molecule has 21 heavy (non-hydrogen) atoms. The number of hydrogen-bond acceptors (Lipinski definition) is 4. The second kappa shape index (κ2) is 6.58. The summed E-state index contributed by atoms with van der Waals surface area (Å²) in [6.07, 6.45) is 7.36. The van der Waals surface area contributed by atoms with E-state index in [9.17, 15) is 0 Å². The predicted octanol–water partition coefficient (Wildman–Crippen LogP) is 3.54. The Hall–Kier alpha value is -1.39. The van der Waals surface area contributed by atoms with Crippen molar-refractivity contribution in [2.45, 2.75) is 42.6 Å². The molecule has 0 amide bonds. The Bertz CT molecular complexity index is 597. The van der Waals surface area contributed by atoms with Gasteiger partial charge in [-0.05, 0) is 49.9 Å². The standard InChI is InChI=1S/C17H21N3S/c1-12-10-19-17(20-11-12)21-15-9-5-7-13-6-3-4-8-14(13)16(15)18-2/h3-4,6,8,10-11,15-16,18H,5,7,9H2,1-2H3. The molecule has 0 bridgehead atoms. The van der Waals surface area contributed by atoms with Crippen molar-refractivity contribution < 1.29 is 0 Å². The second-order valence-corrected chi connectivity index (χ2v) is 6.76. The lowest BCUT2D eigenvalue weighted by atomic mass is 9.99. The number of rotatable bonds is 3. The van der Waals surface area contributed by atoms with Crippen LogP contribution in [0.1, 0.15) is 35.6 Å². The molecule has 0 spiro atoms. The third-order valence-corrected chi connectivity index (χ3v) is 5.25. The molecule has 2 unspecified atom stereocenters. The summed E-state index contributed by atoms with van der Waals surface area (Å²) in [6, 6.07) is 9.15. The summed E-state index contributed by atoms with van der Waals surface area (Å²) in [5, 5.41) is 4.86. The van der Waals surface area contributed by atoms with Gasteiger partial charge < -0.3 is 5.32 Å². The minimum absolute atomic E-state index is 0.360. The highest BCUT2D eigenvalue weighted by Crippen LogP contribution is 2.37. The Morgan fingerprint density at radius 3 is 2.71 bits per heavy atom. The fourth-order valence-electron chi connectivity index (χ4n) is 2.97. The molecular formula is C17H21N3S. The molecule has 0 radical (unpaired) electrons. The zero-order valence-electron chi connectivity index (χ0n) is 12.5. The molecule has 1 heterocycles. The van der Waals surface area contributed by atoms with E-state index in [-0.39, 0.29) is 0 Å². The summed E-state index contributed by atoms with van der Waals surface area (Å²) in [5.74, 6) is 0. The van der Waals surface area contributed by atoms with E-state index in [1.807, 2.05) is 19.3 Å². The zero-order chi connectivity index (χ0) is 14.7. The molecule has 1 aromatic carbocycles. The van der Waals surface area contributed by atoms with E-state index in [4.69, 9.17) is 0 Å². The van der Waals surface area contributed by atoms with Crippen LogP contribution in [0, 0.1) is 6.92 Å². The summed E-state index contributed by atoms with van der Waals surface area (Å²) >= 11 is 1.80. The number of aryl methyl sites for hydroxylation is 2. The molecule has 3 rings (SSSR count). The highest BCUT2D eigenvalue weighted by molar-refractivity contribution is 7.99. The lowest BCUT2D eigenvalue weighted by Crippen LogP contribution is -2.27. The van der Waals surface area contributed by atoms with Crippen LogP contribution < -0.4 is 5.32 Å². The summed E-state index contributed by atoms with van der Waals surface area (Å²) < 4.78 is 0. The first-order chi connectivity index (χ1) is 10.3. The van der Waals surface area contributed by atoms with Crippen LogP contribution in [0.5, 0.6) is 0 Å². The van der Waals surface area contributed by atoms with E-state index in [0.717, 1.165) is 10.7 Å². The molecule has 1 aliphatic rings. The molecular weight excluding hydrogens is 278 g/mol. The highest BCUT2D eigenvalue weighted by Gasteiger charge is 2.27. The van der Waals surface area contributed by atoms with Crippen molar-refractivity contribution in [1.82, 2.24) is 15.3 Å². The molecule has 0 aliphatic heterocycles. The second-order valence-electron chi connectivity index (χ2n) is 5.56. The molecule has 0 fully saturated rings. The first-order valence-corrected chi connectivity index (χ1v) is 8.36. The first kappa shape index (κ1) is 14.5. The number of thioether (sulfide) groups is 1. The van der Waals surface area contributed by atoms with Crippen LogP contribution in [-0.2, 0) is 6.42 Å². The van der Waals surface area contributed by atoms with Crippen molar-refractivity contribution in [3.8, 4) is 0 Å². The average molecular weight is 299 g/mol. The Balaban J connectivity index is 1.86. The normalized spacial score (nSPS) is 21.6. The van der Waals surface area contributed by atoms with Gasteiger partial charge >= 0.3 is 0 Å². The predicted molar refractivity (Wildman–Crippen MR) is 87.6 cm³/mol. The van der Waals surface area contributed by atoms with Gasteiger partial charge in [0.1, 0.15) is 0 Å². The molecule has 0 saturated carbocycles. The minimum Gasteiger partial charge on any atom is -0.312 e. The maximum absolute atomic E-state index is 4.45. The molecule has 1 aliphatic carbocycles. The fraction of sp³-hybridized carbons (Fsp3) is 0.412. The SMILES string of the molecule is CNC1c2ccccc2CCCC1Sc1ncc(C)cn1. The van der Waals surface area contributed by atoms with Gasteiger partial charge in [-0.3, -0.25) is 0 Å². The molecule has 1 N–H and O–H groups in total. The van der Waals surface area contributed by atoms with Crippen LogP contribution in [-0.4, -0.2) is 22.3 Å². The van der Waals surface area contributed by atoms with Gasteiger partial charge in [0.25, 0.3) is 0 Å². The van der Waals surface area contributed by atoms with E-state index >= 15 is 0 Å². The van der Waals surface area contributed by atoms with Crippen LogP contribution in [0.2, 0.25) is 0 Å². The monoisotopic (exact) mass is 299 g/mol. The zero-order valence-corrected chi connectivity index (χ0v) is 13.4. The molecule has 2 atom stereocenters. The number of nitrogens with zero attached hydrogens (tertiary/aromatic N) is 2. The van der Waals surface area contributed by atoms with Crippen molar-refractivity contribution in [2.75, 3.05) is 7.05 Å². The van der Waals surface area contributed by atoms with Gasteiger partial charge in [-0.1, -0.05) is 36.0 Å². The molecule has 2 aromatic rings. The van der Waals surface area contributed by atoms with Gasteiger partial charge in [0.15, 0.2) is 5.16 Å². The lowest BCUT2D eigenvalue weighted by Gasteiger charge is -2.25. The Morgan fingerprint density at radius 2 is 1.95 bits per heavy atom. The van der Waals surface area contributed by atoms with Gasteiger partial charge in [-0.15, -0.1) is 0 Å². The summed E-state index contributed by atoms with van der Waals surface area (Å²) in [5.41, 5.74) is 4.02. The minimum atomic E-state index is 0.360. The number of hydrogen-bond donors (Lipinski definition) is 1. The average Bonchev–Trinajstić information content (AvgIpc) is 2.68. The van der Waals surface area contributed by atoms with E-state index in [2.05, 4.69) is 46.6 Å². The van der Waals surface area contributed by atoms with E-state index < -0.39 is 0 Å². The van der Waals surface area contributed by atoms with Gasteiger partial charge in [0.2, 0.25) is 0 Å². The van der Waals surface area contributed by atoms with Crippen molar-refractivity contribution >= 4 is 11.8 Å². The molecule has 4 heteroatoms. The van der Waals surface area contributed by atoms with Crippen molar-refractivity contribution in [1.29, 1.82) is 0 Å². The summed E-state index contributed by atoms with van der Waals surface area (Å²) in [4.78, 5) is 8.90. The number of benzene rings is 1. The van der Waals surface area contributed by atoms with Crippen LogP contribution in [0.3, 0.4) is 0 Å². The summed E-state index contributed by atoms with van der Waals surface area (Å²) in [7, 11) is 2.05. The van der Waals surface area contributed by atoms with Gasteiger partial charge in [0.05, 0.1) is 0 Å². The fourth-order valence-corrected chi connectivity index (χ4v) is 4.17. The van der Waals surface area contributed by atoms with Crippen LogP contribution in [0.25, 0.3) is 0 Å². The third kappa shape index (κ3) is 3.27. The highest BCUT2D eigenvalue weighted by atomic mass is 32.2. The quantitative estimate of drug-likeness (QED) is 0.695. The Labute approximate surface area is 130 Å². The van der Waals surface area contributed by atoms with Crippen molar-refractivity contribution in [3.63, 3.8) is 0 Å². The Morgan fingerprint density at radius 1 is 1.19 bits per heavy atom. The van der Waals surface area contributed by atoms with Gasteiger partial charge in [-0.25, -0.2) is 9.97 Å². The number of fused-ring (bicyclic) bond motifs is 1. The number of aromatic nitrogens is 2. The largest absolute Gasteiger partial charge is 0.312 e. The molecule has 3 nitrogen and oxygen atoms in total. The smallest absolute Gasteiger partial charge is 0.187 e. The molecule has 0 saturated heterocycles. The maximum Gasteiger partial charge on any atom is 0.187 e. The third-order valence-electron chi connectivity index (χ3n) is 4.02.